The molecule has 1 saturated heterocycles. The molecule has 1 aliphatic rings. The van der Waals surface area contributed by atoms with Gasteiger partial charge < -0.3 is 30.7 Å². The third-order valence-electron chi connectivity index (χ3n) is 6.42. The minimum absolute atomic E-state index is 0.00874. The number of ether oxygens (including phenoxy) is 2. The molecule has 0 bridgehead atoms. The molecule has 212 valence electrons. The maximum Gasteiger partial charge on any atom is 0.387 e. The van der Waals surface area contributed by atoms with Crippen LogP contribution in [0.1, 0.15) is 22.3 Å². The third kappa shape index (κ3) is 8.65. The van der Waals surface area contributed by atoms with Gasteiger partial charge in [0.1, 0.15) is 5.75 Å². The Balaban J connectivity index is 1.39. The highest BCUT2D eigenvalue weighted by Gasteiger charge is 2.17. The van der Waals surface area contributed by atoms with Gasteiger partial charge in [0.05, 0.1) is 24.6 Å². The van der Waals surface area contributed by atoms with Crippen LogP contribution in [-0.4, -0.2) is 67.7 Å². The molecule has 0 radical (unpaired) electrons. The number of para-hydroxylation sites is 2. The van der Waals surface area contributed by atoms with E-state index in [2.05, 4.69) is 20.3 Å². The minimum atomic E-state index is -2.92. The standard InChI is InChI=1S/C29H33F2N5O4/c30-28(31)40-24-12-10-23(11-13-24)33-29(38)36(15-3-14-35-16-18-39-19-17-35)20-21-6-8-22(9-7-21)27(37)34-26-5-2-1-4-25(26)32/h1-2,4-13,28H,3,14-20,32H2,(H,33,38)(H,34,37). The van der Waals surface area contributed by atoms with Crippen LogP contribution in [0.15, 0.2) is 72.8 Å². The summed E-state index contributed by atoms with van der Waals surface area (Å²) in [7, 11) is 0. The number of halogens is 2. The summed E-state index contributed by atoms with van der Waals surface area (Å²) in [6.45, 7) is 1.83. The zero-order valence-electron chi connectivity index (χ0n) is 22.0. The summed E-state index contributed by atoms with van der Waals surface area (Å²) in [4.78, 5) is 29.9. The zero-order chi connectivity index (χ0) is 28.3. The van der Waals surface area contributed by atoms with E-state index in [1.54, 1.807) is 41.3 Å². The number of nitrogens with two attached hydrogens (primary N) is 1. The van der Waals surface area contributed by atoms with Crippen LogP contribution in [-0.2, 0) is 11.3 Å². The van der Waals surface area contributed by atoms with E-state index in [0.29, 0.717) is 48.9 Å². The minimum Gasteiger partial charge on any atom is -0.435 e. The maximum atomic E-state index is 13.2. The average molecular weight is 554 g/mol. The number of benzene rings is 3. The van der Waals surface area contributed by atoms with Crippen LogP contribution in [0.2, 0.25) is 0 Å². The fourth-order valence-corrected chi connectivity index (χ4v) is 4.27. The summed E-state index contributed by atoms with van der Waals surface area (Å²) < 4.78 is 34.7. The molecule has 3 aromatic rings. The molecule has 3 aromatic carbocycles. The number of alkyl halides is 2. The van der Waals surface area contributed by atoms with E-state index in [0.717, 1.165) is 31.6 Å². The SMILES string of the molecule is Nc1ccccc1NC(=O)c1ccc(CN(CCCN2CCOCC2)C(=O)Nc2ccc(OC(F)F)cc2)cc1. The lowest BCUT2D eigenvalue weighted by Gasteiger charge is -2.28. The Hall–Kier alpha value is -4.22. The second-order valence-electron chi connectivity index (χ2n) is 9.30. The highest BCUT2D eigenvalue weighted by atomic mass is 19.3. The van der Waals surface area contributed by atoms with Crippen LogP contribution in [0.25, 0.3) is 0 Å². The topological polar surface area (TPSA) is 109 Å². The number of carbonyl (C=O) groups is 2. The van der Waals surface area contributed by atoms with Crippen LogP contribution >= 0.6 is 0 Å². The number of anilines is 3. The molecule has 9 nitrogen and oxygen atoms in total. The molecule has 0 aliphatic carbocycles. The van der Waals surface area contributed by atoms with E-state index in [1.165, 1.54) is 24.3 Å². The lowest BCUT2D eigenvalue weighted by Crippen LogP contribution is -2.40. The van der Waals surface area contributed by atoms with Crippen molar-refractivity contribution in [1.29, 1.82) is 0 Å². The van der Waals surface area contributed by atoms with Crippen LogP contribution in [0.3, 0.4) is 0 Å². The van der Waals surface area contributed by atoms with Crippen LogP contribution in [0, 0.1) is 0 Å². The first kappa shape index (κ1) is 28.8. The molecule has 40 heavy (non-hydrogen) atoms. The van der Waals surface area contributed by atoms with Gasteiger partial charge in [0, 0.05) is 44.0 Å². The smallest absolute Gasteiger partial charge is 0.387 e. The van der Waals surface area contributed by atoms with Crippen molar-refractivity contribution in [3.63, 3.8) is 0 Å². The summed E-state index contributed by atoms with van der Waals surface area (Å²) >= 11 is 0. The molecule has 1 aliphatic heterocycles. The van der Waals surface area contributed by atoms with Gasteiger partial charge in [-0.15, -0.1) is 0 Å². The van der Waals surface area contributed by atoms with E-state index in [-0.39, 0.29) is 17.7 Å². The second-order valence-corrected chi connectivity index (χ2v) is 9.30. The molecule has 1 fully saturated rings. The number of nitrogen functional groups attached to an aromatic ring is 1. The van der Waals surface area contributed by atoms with Crippen molar-refractivity contribution in [3.8, 4) is 5.75 Å². The summed E-state index contributed by atoms with van der Waals surface area (Å²) in [6, 6.07) is 19.5. The highest BCUT2D eigenvalue weighted by Crippen LogP contribution is 2.20. The van der Waals surface area contributed by atoms with Crippen molar-refractivity contribution in [2.45, 2.75) is 19.6 Å². The summed E-state index contributed by atoms with van der Waals surface area (Å²) in [6.07, 6.45) is 0.758. The molecule has 11 heteroatoms. The first-order valence-corrected chi connectivity index (χ1v) is 13.0. The number of urea groups is 1. The van der Waals surface area contributed by atoms with Crippen molar-refractivity contribution < 1.29 is 27.8 Å². The molecule has 4 rings (SSSR count). The van der Waals surface area contributed by atoms with Crippen molar-refractivity contribution in [1.82, 2.24) is 9.80 Å². The fourth-order valence-electron chi connectivity index (χ4n) is 4.27. The van der Waals surface area contributed by atoms with Gasteiger partial charge in [-0.3, -0.25) is 9.69 Å². The Morgan fingerprint density at radius 1 is 0.975 bits per heavy atom. The molecular weight excluding hydrogens is 520 g/mol. The molecule has 0 unspecified atom stereocenters. The summed E-state index contributed by atoms with van der Waals surface area (Å²) in [5.74, 6) is -0.279. The molecule has 0 aromatic heterocycles. The lowest BCUT2D eigenvalue weighted by molar-refractivity contribution is -0.0498. The van der Waals surface area contributed by atoms with Gasteiger partial charge in [-0.05, 0) is 60.5 Å². The number of rotatable bonds is 11. The monoisotopic (exact) mass is 553 g/mol. The second kappa shape index (κ2) is 14.2. The predicted octanol–water partition coefficient (Wildman–Crippen LogP) is 4.88. The molecule has 0 atom stereocenters. The van der Waals surface area contributed by atoms with Crippen LogP contribution in [0.5, 0.6) is 5.75 Å². The molecular formula is C29H33F2N5O4. The maximum absolute atomic E-state index is 13.2. The van der Waals surface area contributed by atoms with Crippen molar-refractivity contribution >= 4 is 29.0 Å². The Kier molecular flexibility index (Phi) is 10.3. The van der Waals surface area contributed by atoms with E-state index in [1.807, 2.05) is 12.1 Å². The number of hydrogen-bond donors (Lipinski definition) is 3. The first-order valence-electron chi connectivity index (χ1n) is 13.0. The van der Waals surface area contributed by atoms with Crippen molar-refractivity contribution in [2.75, 3.05) is 55.8 Å². The molecule has 1 heterocycles. The number of morpholine rings is 1. The quantitative estimate of drug-likeness (QED) is 0.292. The third-order valence-corrected chi connectivity index (χ3v) is 6.42. The molecule has 3 amide bonds. The van der Waals surface area contributed by atoms with Gasteiger partial charge >= 0.3 is 12.6 Å². The zero-order valence-corrected chi connectivity index (χ0v) is 22.0. The summed E-state index contributed by atoms with van der Waals surface area (Å²) in [5.41, 5.74) is 8.69. The summed E-state index contributed by atoms with van der Waals surface area (Å²) in [5, 5.41) is 5.63. The van der Waals surface area contributed by atoms with Gasteiger partial charge in [0.25, 0.3) is 5.91 Å². The van der Waals surface area contributed by atoms with Crippen LogP contribution < -0.4 is 21.1 Å². The molecule has 4 N–H and O–H groups in total. The fraction of sp³-hybridized carbons (Fsp3) is 0.310. The Labute approximate surface area is 231 Å². The first-order chi connectivity index (χ1) is 19.4. The predicted molar refractivity (Wildman–Crippen MR) is 150 cm³/mol. The van der Waals surface area contributed by atoms with Crippen molar-refractivity contribution in [3.05, 3.63) is 83.9 Å². The Bertz CT molecular complexity index is 1250. The number of nitrogens with one attached hydrogen (secondary N) is 2. The Morgan fingerprint density at radius 3 is 2.35 bits per heavy atom. The van der Waals surface area contributed by atoms with Gasteiger partial charge in [-0.2, -0.15) is 8.78 Å². The van der Waals surface area contributed by atoms with E-state index < -0.39 is 6.61 Å². The van der Waals surface area contributed by atoms with Gasteiger partial charge in [0.15, 0.2) is 0 Å². The normalized spacial score (nSPS) is 13.6. The average Bonchev–Trinajstić information content (AvgIpc) is 2.95. The number of amides is 3. The number of nitrogens with zero attached hydrogens (tertiary/aromatic N) is 2. The molecule has 0 spiro atoms. The Morgan fingerprint density at radius 2 is 1.68 bits per heavy atom. The van der Waals surface area contributed by atoms with E-state index in [9.17, 15) is 18.4 Å². The van der Waals surface area contributed by atoms with Crippen molar-refractivity contribution in [2.24, 2.45) is 0 Å². The number of hydrogen-bond acceptors (Lipinski definition) is 6. The van der Waals surface area contributed by atoms with E-state index >= 15 is 0 Å². The highest BCUT2D eigenvalue weighted by molar-refractivity contribution is 6.05. The van der Waals surface area contributed by atoms with Gasteiger partial charge in [-0.1, -0.05) is 24.3 Å². The molecule has 0 saturated carbocycles. The number of carbonyl (C=O) groups excluding carboxylic acids is 2. The largest absolute Gasteiger partial charge is 0.435 e. The van der Waals surface area contributed by atoms with Crippen LogP contribution in [0.4, 0.5) is 30.6 Å². The van der Waals surface area contributed by atoms with E-state index in [4.69, 9.17) is 10.5 Å². The van der Waals surface area contributed by atoms with Gasteiger partial charge in [-0.25, -0.2) is 4.79 Å². The lowest BCUT2D eigenvalue weighted by atomic mass is 10.1. The van der Waals surface area contributed by atoms with Gasteiger partial charge in [0.2, 0.25) is 0 Å².